The normalized spacial score (nSPS) is 9.97. The number of aryl methyl sites for hydroxylation is 1. The van der Waals surface area contributed by atoms with Crippen LogP contribution in [0.5, 0.6) is 0 Å². The molecular weight excluding hydrogens is 392 g/mol. The van der Waals surface area contributed by atoms with Gasteiger partial charge in [-0.3, -0.25) is 15.5 Å². The molecule has 29 heavy (non-hydrogen) atoms. The quantitative estimate of drug-likeness (QED) is 0.422. The van der Waals surface area contributed by atoms with Crippen molar-refractivity contribution in [3.8, 4) is 0 Å². The van der Waals surface area contributed by atoms with Crippen molar-refractivity contribution < 1.29 is 14.4 Å². The summed E-state index contributed by atoms with van der Waals surface area (Å²) in [4.78, 5) is 40.6. The van der Waals surface area contributed by atoms with Crippen LogP contribution in [-0.4, -0.2) is 23.0 Å². The number of nitrogens with zero attached hydrogens (tertiary/aromatic N) is 1. The van der Waals surface area contributed by atoms with Crippen LogP contribution in [-0.2, 0) is 0 Å². The van der Waals surface area contributed by atoms with Gasteiger partial charge in [-0.15, -0.1) is 0 Å². The second-order valence-electron chi connectivity index (χ2n) is 5.78. The standard InChI is InChI=1S/C19H18N6O3S/c1-12-15(16(26)24-25-18(28)22-14-10-6-3-7-11-14)29-19(20-12)23-17(27)21-13-8-4-2-5-9-13/h2-11H,1H3,(H,24,26)(H2,22,25,28)(H2,20,21,23,27). The first-order chi connectivity index (χ1) is 14.0. The van der Waals surface area contributed by atoms with Gasteiger partial charge in [0.25, 0.3) is 5.91 Å². The van der Waals surface area contributed by atoms with E-state index in [1.165, 1.54) is 0 Å². The van der Waals surface area contributed by atoms with Crippen molar-refractivity contribution in [3.63, 3.8) is 0 Å². The summed E-state index contributed by atoms with van der Waals surface area (Å²) in [5.74, 6) is -0.542. The number of aromatic nitrogens is 1. The number of hydrazine groups is 1. The molecule has 0 radical (unpaired) electrons. The smallest absolute Gasteiger partial charge is 0.308 e. The zero-order chi connectivity index (χ0) is 20.6. The van der Waals surface area contributed by atoms with Crippen LogP contribution in [0.3, 0.4) is 0 Å². The fourth-order valence-corrected chi connectivity index (χ4v) is 3.15. The molecule has 0 saturated carbocycles. The van der Waals surface area contributed by atoms with E-state index in [4.69, 9.17) is 0 Å². The summed E-state index contributed by atoms with van der Waals surface area (Å²) in [6, 6.07) is 16.7. The molecular formula is C19H18N6O3S. The third-order valence-corrected chi connectivity index (χ3v) is 4.65. The van der Waals surface area contributed by atoms with E-state index in [2.05, 4.69) is 31.8 Å². The molecule has 3 rings (SSSR count). The fourth-order valence-electron chi connectivity index (χ4n) is 2.30. The number of amides is 5. The van der Waals surface area contributed by atoms with E-state index in [0.29, 0.717) is 17.1 Å². The van der Waals surface area contributed by atoms with Crippen LogP contribution < -0.4 is 26.8 Å². The number of rotatable bonds is 4. The Labute approximate surface area is 170 Å². The number of para-hydroxylation sites is 2. The van der Waals surface area contributed by atoms with Gasteiger partial charge in [-0.1, -0.05) is 47.7 Å². The molecule has 2 aromatic carbocycles. The molecule has 0 atom stereocenters. The molecule has 9 nitrogen and oxygen atoms in total. The monoisotopic (exact) mass is 410 g/mol. The van der Waals surface area contributed by atoms with E-state index in [0.717, 1.165) is 11.3 Å². The summed E-state index contributed by atoms with van der Waals surface area (Å²) in [7, 11) is 0. The summed E-state index contributed by atoms with van der Waals surface area (Å²) in [6.45, 7) is 1.63. The highest BCUT2D eigenvalue weighted by Crippen LogP contribution is 2.22. The predicted molar refractivity (Wildman–Crippen MR) is 112 cm³/mol. The molecule has 3 aromatic rings. The Morgan fingerprint density at radius 1 is 0.759 bits per heavy atom. The topological polar surface area (TPSA) is 124 Å². The van der Waals surface area contributed by atoms with E-state index in [-0.39, 0.29) is 10.0 Å². The Morgan fingerprint density at radius 3 is 1.90 bits per heavy atom. The summed E-state index contributed by atoms with van der Waals surface area (Å²) in [6.07, 6.45) is 0. The van der Waals surface area contributed by atoms with Crippen LogP contribution in [0.25, 0.3) is 0 Å². The maximum atomic E-state index is 12.3. The number of carbonyl (C=O) groups is 3. The Kier molecular flexibility index (Phi) is 6.38. The molecule has 1 heterocycles. The Balaban J connectivity index is 1.53. The van der Waals surface area contributed by atoms with Crippen molar-refractivity contribution in [2.45, 2.75) is 6.92 Å². The third kappa shape index (κ3) is 5.78. The number of hydrogen-bond acceptors (Lipinski definition) is 5. The van der Waals surface area contributed by atoms with Gasteiger partial charge in [-0.2, -0.15) is 0 Å². The van der Waals surface area contributed by atoms with Gasteiger partial charge < -0.3 is 10.6 Å². The number of hydrogen-bond donors (Lipinski definition) is 5. The minimum atomic E-state index is -0.590. The summed E-state index contributed by atoms with van der Waals surface area (Å²) < 4.78 is 0. The highest BCUT2D eigenvalue weighted by atomic mass is 32.1. The number of anilines is 3. The SMILES string of the molecule is Cc1nc(NC(=O)Nc2ccccc2)sc1C(=O)NNC(=O)Nc1ccccc1. The molecule has 148 valence electrons. The van der Waals surface area contributed by atoms with Gasteiger partial charge in [0.15, 0.2) is 5.13 Å². The summed E-state index contributed by atoms with van der Waals surface area (Å²) in [5.41, 5.74) is 6.22. The predicted octanol–water partition coefficient (Wildman–Crippen LogP) is 3.56. The van der Waals surface area contributed by atoms with Crippen molar-refractivity contribution in [2.75, 3.05) is 16.0 Å². The largest absolute Gasteiger partial charge is 0.337 e. The minimum Gasteiger partial charge on any atom is -0.308 e. The lowest BCUT2D eigenvalue weighted by Gasteiger charge is -2.08. The molecule has 0 unspecified atom stereocenters. The van der Waals surface area contributed by atoms with Gasteiger partial charge in [0.05, 0.1) is 5.69 Å². The van der Waals surface area contributed by atoms with Crippen molar-refractivity contribution in [3.05, 3.63) is 71.2 Å². The molecule has 0 saturated heterocycles. The second-order valence-corrected chi connectivity index (χ2v) is 6.78. The minimum absolute atomic E-state index is 0.259. The lowest BCUT2D eigenvalue weighted by atomic mass is 10.3. The molecule has 0 aliphatic heterocycles. The molecule has 0 aliphatic carbocycles. The fraction of sp³-hybridized carbons (Fsp3) is 0.0526. The second kappa shape index (κ2) is 9.33. The molecule has 5 N–H and O–H groups in total. The number of carbonyl (C=O) groups excluding carboxylic acids is 3. The molecule has 0 fully saturated rings. The number of benzene rings is 2. The van der Waals surface area contributed by atoms with Gasteiger partial charge in [-0.25, -0.2) is 20.0 Å². The van der Waals surface area contributed by atoms with Crippen molar-refractivity contribution in [2.24, 2.45) is 0 Å². The van der Waals surface area contributed by atoms with Crippen LogP contribution in [0.15, 0.2) is 60.7 Å². The van der Waals surface area contributed by atoms with Crippen molar-refractivity contribution in [1.82, 2.24) is 15.8 Å². The molecule has 1 aromatic heterocycles. The van der Waals surface area contributed by atoms with Gasteiger partial charge in [-0.05, 0) is 31.2 Å². The van der Waals surface area contributed by atoms with Gasteiger partial charge in [0.2, 0.25) is 0 Å². The van der Waals surface area contributed by atoms with Crippen molar-refractivity contribution in [1.29, 1.82) is 0 Å². The number of thiazole rings is 1. The summed E-state index contributed by atoms with van der Waals surface area (Å²) in [5, 5.41) is 8.08. The van der Waals surface area contributed by atoms with E-state index in [1.54, 1.807) is 55.5 Å². The molecule has 0 aliphatic rings. The first-order valence-corrected chi connectivity index (χ1v) is 9.36. The average molecular weight is 410 g/mol. The maximum Gasteiger partial charge on any atom is 0.337 e. The molecule has 10 heteroatoms. The van der Waals surface area contributed by atoms with Gasteiger partial charge in [0, 0.05) is 11.4 Å². The van der Waals surface area contributed by atoms with E-state index in [1.807, 2.05) is 12.1 Å². The van der Waals surface area contributed by atoms with Gasteiger partial charge in [0.1, 0.15) is 4.88 Å². The van der Waals surface area contributed by atoms with Crippen LogP contribution in [0, 0.1) is 6.92 Å². The highest BCUT2D eigenvalue weighted by Gasteiger charge is 2.17. The van der Waals surface area contributed by atoms with Crippen LogP contribution in [0.1, 0.15) is 15.4 Å². The number of nitrogens with one attached hydrogen (secondary N) is 5. The molecule has 0 bridgehead atoms. The van der Waals surface area contributed by atoms with Crippen LogP contribution in [0.2, 0.25) is 0 Å². The van der Waals surface area contributed by atoms with E-state index in [9.17, 15) is 14.4 Å². The maximum absolute atomic E-state index is 12.3. The zero-order valence-corrected chi connectivity index (χ0v) is 16.2. The average Bonchev–Trinajstić information content (AvgIpc) is 3.07. The van der Waals surface area contributed by atoms with Crippen LogP contribution >= 0.6 is 11.3 Å². The lowest BCUT2D eigenvalue weighted by Crippen LogP contribution is -2.43. The lowest BCUT2D eigenvalue weighted by molar-refractivity contribution is 0.0941. The third-order valence-electron chi connectivity index (χ3n) is 3.58. The van der Waals surface area contributed by atoms with Crippen molar-refractivity contribution >= 4 is 45.8 Å². The molecule has 5 amide bonds. The van der Waals surface area contributed by atoms with E-state index >= 15 is 0 Å². The highest BCUT2D eigenvalue weighted by molar-refractivity contribution is 7.17. The Hall–Kier alpha value is -3.92. The number of urea groups is 2. The van der Waals surface area contributed by atoms with E-state index < -0.39 is 18.0 Å². The molecule has 0 spiro atoms. The Bertz CT molecular complexity index is 1010. The summed E-state index contributed by atoms with van der Waals surface area (Å²) >= 11 is 0.995. The van der Waals surface area contributed by atoms with Crippen LogP contribution in [0.4, 0.5) is 26.1 Å². The zero-order valence-electron chi connectivity index (χ0n) is 15.4. The Morgan fingerprint density at radius 2 is 1.31 bits per heavy atom. The first-order valence-electron chi connectivity index (χ1n) is 8.54. The first kappa shape index (κ1) is 19.8. The van der Waals surface area contributed by atoms with Gasteiger partial charge >= 0.3 is 12.1 Å².